The van der Waals surface area contributed by atoms with Gasteiger partial charge in [0, 0.05) is 12.6 Å². The maximum atomic E-state index is 11.9. The van der Waals surface area contributed by atoms with Crippen molar-refractivity contribution in [2.45, 2.75) is 39.2 Å². The van der Waals surface area contributed by atoms with Gasteiger partial charge in [0.25, 0.3) is 5.56 Å². The van der Waals surface area contributed by atoms with E-state index in [1.54, 1.807) is 6.07 Å². The van der Waals surface area contributed by atoms with Gasteiger partial charge in [-0.05, 0) is 23.9 Å². The maximum Gasteiger partial charge on any atom is 0.251 e. The van der Waals surface area contributed by atoms with Crippen LogP contribution in [0.3, 0.4) is 0 Å². The van der Waals surface area contributed by atoms with Gasteiger partial charge < -0.3 is 4.57 Å². The normalized spacial score (nSPS) is 10.9. The van der Waals surface area contributed by atoms with Crippen molar-refractivity contribution in [3.8, 4) is 0 Å². The van der Waals surface area contributed by atoms with Crippen LogP contribution in [0.15, 0.2) is 41.2 Å². The number of nitrogens with zero attached hydrogens (tertiary/aromatic N) is 1. The molecule has 0 aliphatic rings. The zero-order valence-corrected chi connectivity index (χ0v) is 10.4. The van der Waals surface area contributed by atoms with Gasteiger partial charge in [-0.3, -0.25) is 4.79 Å². The van der Waals surface area contributed by atoms with E-state index < -0.39 is 0 Å². The molecule has 0 aliphatic carbocycles. The average molecular weight is 229 g/mol. The Balaban J connectivity index is 2.25. The van der Waals surface area contributed by atoms with Crippen LogP contribution in [-0.2, 0) is 6.54 Å². The SMILES string of the molecule is CCCCCCn1c(=O)ccc2ccccc21. The van der Waals surface area contributed by atoms with E-state index >= 15 is 0 Å². The Labute approximate surface area is 102 Å². The van der Waals surface area contributed by atoms with Crippen LogP contribution in [0.5, 0.6) is 0 Å². The van der Waals surface area contributed by atoms with Gasteiger partial charge in [-0.25, -0.2) is 0 Å². The minimum absolute atomic E-state index is 0.111. The summed E-state index contributed by atoms with van der Waals surface area (Å²) in [6.45, 7) is 3.03. The smallest absolute Gasteiger partial charge is 0.251 e. The van der Waals surface area contributed by atoms with Crippen molar-refractivity contribution < 1.29 is 0 Å². The molecule has 17 heavy (non-hydrogen) atoms. The molecule has 2 aromatic rings. The summed E-state index contributed by atoms with van der Waals surface area (Å²) >= 11 is 0. The van der Waals surface area contributed by atoms with Crippen molar-refractivity contribution in [1.82, 2.24) is 4.57 Å². The molecule has 1 heterocycles. The molecule has 90 valence electrons. The van der Waals surface area contributed by atoms with E-state index in [4.69, 9.17) is 0 Å². The number of unbranched alkanes of at least 4 members (excludes halogenated alkanes) is 3. The first-order valence-electron chi connectivity index (χ1n) is 6.41. The Kier molecular flexibility index (Phi) is 3.97. The third-order valence-electron chi connectivity index (χ3n) is 3.13. The van der Waals surface area contributed by atoms with Crippen LogP contribution in [0, 0.1) is 0 Å². The minimum atomic E-state index is 0.111. The molecule has 0 unspecified atom stereocenters. The van der Waals surface area contributed by atoms with Crippen molar-refractivity contribution >= 4 is 10.9 Å². The Morgan fingerprint density at radius 3 is 2.65 bits per heavy atom. The molecule has 0 spiro atoms. The Hall–Kier alpha value is -1.57. The molecular weight excluding hydrogens is 210 g/mol. The first kappa shape index (κ1) is 11.9. The van der Waals surface area contributed by atoms with Gasteiger partial charge in [0.15, 0.2) is 0 Å². The first-order valence-corrected chi connectivity index (χ1v) is 6.41. The summed E-state index contributed by atoms with van der Waals surface area (Å²) in [6, 6.07) is 11.6. The van der Waals surface area contributed by atoms with Gasteiger partial charge in [0.05, 0.1) is 5.52 Å². The minimum Gasteiger partial charge on any atom is -0.308 e. The number of rotatable bonds is 5. The Morgan fingerprint density at radius 2 is 1.82 bits per heavy atom. The van der Waals surface area contributed by atoms with E-state index in [0.717, 1.165) is 23.9 Å². The van der Waals surface area contributed by atoms with Crippen molar-refractivity contribution in [1.29, 1.82) is 0 Å². The van der Waals surface area contributed by atoms with Crippen molar-refractivity contribution in [3.05, 3.63) is 46.8 Å². The van der Waals surface area contributed by atoms with E-state index in [9.17, 15) is 4.79 Å². The fourth-order valence-corrected chi connectivity index (χ4v) is 2.17. The summed E-state index contributed by atoms with van der Waals surface area (Å²) in [6.07, 6.45) is 4.76. The highest BCUT2D eigenvalue weighted by Gasteiger charge is 2.01. The second-order valence-corrected chi connectivity index (χ2v) is 4.44. The standard InChI is InChI=1S/C15H19NO/c1-2-3-4-7-12-16-14-9-6-5-8-13(14)10-11-15(16)17/h5-6,8-11H,2-4,7,12H2,1H3. The summed E-state index contributed by atoms with van der Waals surface area (Å²) in [4.78, 5) is 11.9. The van der Waals surface area contributed by atoms with E-state index in [1.807, 2.05) is 28.8 Å². The molecule has 0 atom stereocenters. The van der Waals surface area contributed by atoms with E-state index in [-0.39, 0.29) is 5.56 Å². The van der Waals surface area contributed by atoms with E-state index in [0.29, 0.717) is 0 Å². The number of aryl methyl sites for hydroxylation is 1. The Morgan fingerprint density at radius 1 is 1.00 bits per heavy atom. The highest BCUT2D eigenvalue weighted by Crippen LogP contribution is 2.12. The Bertz CT molecular complexity index is 542. The summed E-state index contributed by atoms with van der Waals surface area (Å²) < 4.78 is 1.89. The second kappa shape index (κ2) is 5.67. The molecule has 1 aromatic heterocycles. The predicted octanol–water partition coefficient (Wildman–Crippen LogP) is 3.58. The quantitative estimate of drug-likeness (QED) is 0.718. The summed E-state index contributed by atoms with van der Waals surface area (Å²) in [7, 11) is 0. The van der Waals surface area contributed by atoms with Gasteiger partial charge in [0.1, 0.15) is 0 Å². The first-order chi connectivity index (χ1) is 8.33. The molecule has 0 fully saturated rings. The summed E-state index contributed by atoms with van der Waals surface area (Å²) in [5.74, 6) is 0. The number of hydrogen-bond acceptors (Lipinski definition) is 1. The monoisotopic (exact) mass is 229 g/mol. The summed E-state index contributed by atoms with van der Waals surface area (Å²) in [5, 5.41) is 1.14. The maximum absolute atomic E-state index is 11.9. The lowest BCUT2D eigenvalue weighted by Crippen LogP contribution is -2.19. The van der Waals surface area contributed by atoms with Gasteiger partial charge in [-0.2, -0.15) is 0 Å². The largest absolute Gasteiger partial charge is 0.308 e. The van der Waals surface area contributed by atoms with Crippen LogP contribution in [-0.4, -0.2) is 4.57 Å². The molecule has 0 aliphatic heterocycles. The van der Waals surface area contributed by atoms with Crippen LogP contribution in [0.2, 0.25) is 0 Å². The summed E-state index contributed by atoms with van der Waals surface area (Å²) in [5.41, 5.74) is 1.16. The van der Waals surface area contributed by atoms with Gasteiger partial charge in [-0.1, -0.05) is 44.4 Å². The molecule has 2 nitrogen and oxygen atoms in total. The third kappa shape index (κ3) is 2.76. The highest BCUT2D eigenvalue weighted by molar-refractivity contribution is 5.78. The third-order valence-corrected chi connectivity index (χ3v) is 3.13. The average Bonchev–Trinajstić information content (AvgIpc) is 2.37. The molecule has 2 heteroatoms. The van der Waals surface area contributed by atoms with E-state index in [1.165, 1.54) is 19.3 Å². The second-order valence-electron chi connectivity index (χ2n) is 4.44. The number of para-hydroxylation sites is 1. The van der Waals surface area contributed by atoms with Crippen molar-refractivity contribution in [2.75, 3.05) is 0 Å². The fraction of sp³-hybridized carbons (Fsp3) is 0.400. The molecule has 0 radical (unpaired) electrons. The van der Waals surface area contributed by atoms with Crippen LogP contribution in [0.1, 0.15) is 32.6 Å². The van der Waals surface area contributed by atoms with Crippen LogP contribution in [0.25, 0.3) is 10.9 Å². The van der Waals surface area contributed by atoms with E-state index in [2.05, 4.69) is 13.0 Å². The fourth-order valence-electron chi connectivity index (χ4n) is 2.17. The van der Waals surface area contributed by atoms with Crippen LogP contribution >= 0.6 is 0 Å². The lowest BCUT2D eigenvalue weighted by Gasteiger charge is -2.09. The predicted molar refractivity (Wildman–Crippen MR) is 72.4 cm³/mol. The molecule has 0 amide bonds. The highest BCUT2D eigenvalue weighted by atomic mass is 16.1. The molecule has 0 N–H and O–H groups in total. The molecule has 2 rings (SSSR count). The zero-order chi connectivity index (χ0) is 12.1. The molecule has 0 saturated heterocycles. The lowest BCUT2D eigenvalue weighted by molar-refractivity contribution is 0.583. The number of aromatic nitrogens is 1. The number of pyridine rings is 1. The molecular formula is C15H19NO. The topological polar surface area (TPSA) is 22.0 Å². The number of benzene rings is 1. The molecule has 1 aromatic carbocycles. The van der Waals surface area contributed by atoms with Crippen LogP contribution < -0.4 is 5.56 Å². The van der Waals surface area contributed by atoms with Crippen LogP contribution in [0.4, 0.5) is 0 Å². The van der Waals surface area contributed by atoms with Gasteiger partial charge in [-0.15, -0.1) is 0 Å². The van der Waals surface area contributed by atoms with Crippen molar-refractivity contribution in [2.24, 2.45) is 0 Å². The van der Waals surface area contributed by atoms with Crippen molar-refractivity contribution in [3.63, 3.8) is 0 Å². The molecule has 0 saturated carbocycles. The number of hydrogen-bond donors (Lipinski definition) is 0. The zero-order valence-electron chi connectivity index (χ0n) is 10.4. The number of fused-ring (bicyclic) bond motifs is 1. The molecule has 0 bridgehead atoms. The van der Waals surface area contributed by atoms with Gasteiger partial charge >= 0.3 is 0 Å². The van der Waals surface area contributed by atoms with Gasteiger partial charge in [0.2, 0.25) is 0 Å². The lowest BCUT2D eigenvalue weighted by atomic mass is 10.2.